The first-order valence-corrected chi connectivity index (χ1v) is 3.66. The Labute approximate surface area is 61.8 Å². The molecule has 1 heterocycles. The first kappa shape index (κ1) is 7.14. The van der Waals surface area contributed by atoms with Crippen molar-refractivity contribution in [3.8, 4) is 6.07 Å². The minimum absolute atomic E-state index is 1.11. The molecular formula is C8H12N2. The summed E-state index contributed by atoms with van der Waals surface area (Å²) in [5.41, 5.74) is 1.11. The van der Waals surface area contributed by atoms with Crippen LogP contribution >= 0.6 is 0 Å². The number of likely N-dealkylation sites (tertiary alicyclic amines) is 1. The van der Waals surface area contributed by atoms with Crippen molar-refractivity contribution in [2.24, 2.45) is 0 Å². The van der Waals surface area contributed by atoms with Gasteiger partial charge in [0.05, 0.1) is 6.07 Å². The molecule has 0 unspecified atom stereocenters. The van der Waals surface area contributed by atoms with Crippen molar-refractivity contribution in [2.45, 2.75) is 19.8 Å². The number of hydrogen-bond acceptors (Lipinski definition) is 2. The minimum Gasteiger partial charge on any atom is -0.374 e. The lowest BCUT2D eigenvalue weighted by Gasteiger charge is -2.16. The second kappa shape index (κ2) is 3.26. The highest BCUT2D eigenvalue weighted by molar-refractivity contribution is 5.10. The summed E-state index contributed by atoms with van der Waals surface area (Å²) in [5.74, 6) is 0. The van der Waals surface area contributed by atoms with Crippen LogP contribution < -0.4 is 0 Å². The lowest BCUT2D eigenvalue weighted by Crippen LogP contribution is -2.15. The van der Waals surface area contributed by atoms with Crippen molar-refractivity contribution < 1.29 is 0 Å². The van der Waals surface area contributed by atoms with Crippen LogP contribution in [0.2, 0.25) is 0 Å². The fraction of sp³-hybridized carbons (Fsp3) is 0.625. The van der Waals surface area contributed by atoms with E-state index in [9.17, 15) is 0 Å². The molecule has 1 rings (SSSR count). The fourth-order valence-electron chi connectivity index (χ4n) is 1.25. The van der Waals surface area contributed by atoms with Crippen molar-refractivity contribution >= 4 is 0 Å². The molecule has 2 nitrogen and oxygen atoms in total. The van der Waals surface area contributed by atoms with E-state index in [0.717, 1.165) is 18.8 Å². The maximum atomic E-state index is 8.34. The van der Waals surface area contributed by atoms with Crippen LogP contribution in [0.4, 0.5) is 0 Å². The summed E-state index contributed by atoms with van der Waals surface area (Å²) < 4.78 is 0. The van der Waals surface area contributed by atoms with Crippen LogP contribution in [0.3, 0.4) is 0 Å². The summed E-state index contributed by atoms with van der Waals surface area (Å²) in [5, 5.41) is 8.34. The number of nitrogens with zero attached hydrogens (tertiary/aromatic N) is 2. The molecule has 0 aromatic carbocycles. The largest absolute Gasteiger partial charge is 0.374 e. The summed E-state index contributed by atoms with van der Waals surface area (Å²) in [4.78, 5) is 2.25. The Morgan fingerprint density at radius 1 is 1.50 bits per heavy atom. The topological polar surface area (TPSA) is 27.0 Å². The van der Waals surface area contributed by atoms with Crippen molar-refractivity contribution in [2.75, 3.05) is 13.1 Å². The summed E-state index contributed by atoms with van der Waals surface area (Å²) in [6.45, 7) is 4.25. The molecule has 0 saturated carbocycles. The molecule has 0 spiro atoms. The molecule has 0 aromatic rings. The van der Waals surface area contributed by atoms with Crippen molar-refractivity contribution in [1.82, 2.24) is 4.90 Å². The number of rotatable bonds is 1. The Balaban J connectivity index is 2.49. The van der Waals surface area contributed by atoms with Gasteiger partial charge in [-0.05, 0) is 19.8 Å². The molecule has 2 heteroatoms. The molecule has 0 radical (unpaired) electrons. The molecule has 1 saturated heterocycles. The zero-order chi connectivity index (χ0) is 7.40. The molecule has 1 aliphatic rings. The lowest BCUT2D eigenvalue weighted by atomic mass is 10.4. The molecular weight excluding hydrogens is 124 g/mol. The average Bonchev–Trinajstić information content (AvgIpc) is 2.38. The molecule has 1 aliphatic heterocycles. The van der Waals surface area contributed by atoms with Gasteiger partial charge >= 0.3 is 0 Å². The first-order chi connectivity index (χ1) is 4.84. The van der Waals surface area contributed by atoms with Crippen LogP contribution in [0.25, 0.3) is 0 Å². The molecule has 0 aromatic heterocycles. The van der Waals surface area contributed by atoms with E-state index in [4.69, 9.17) is 5.26 Å². The predicted octanol–water partition coefficient (Wildman–Crippen LogP) is 1.51. The maximum Gasteiger partial charge on any atom is 0.0930 e. The molecule has 0 bridgehead atoms. The second-order valence-electron chi connectivity index (χ2n) is 2.61. The highest BCUT2D eigenvalue weighted by Gasteiger charge is 2.10. The van der Waals surface area contributed by atoms with Gasteiger partial charge in [0, 0.05) is 24.9 Å². The zero-order valence-corrected chi connectivity index (χ0v) is 6.30. The third kappa shape index (κ3) is 1.51. The Kier molecular flexibility index (Phi) is 2.33. The quantitative estimate of drug-likeness (QED) is 0.511. The molecule has 1 fully saturated rings. The highest BCUT2D eigenvalue weighted by atomic mass is 15.1. The Morgan fingerprint density at radius 3 is 2.60 bits per heavy atom. The molecule has 0 N–H and O–H groups in total. The van der Waals surface area contributed by atoms with Crippen LogP contribution in [-0.2, 0) is 0 Å². The van der Waals surface area contributed by atoms with Gasteiger partial charge in [0.15, 0.2) is 0 Å². The van der Waals surface area contributed by atoms with Gasteiger partial charge in [-0.15, -0.1) is 0 Å². The Bertz CT molecular complexity index is 170. The number of nitriles is 1. The highest BCUT2D eigenvalue weighted by Crippen LogP contribution is 2.12. The van der Waals surface area contributed by atoms with Gasteiger partial charge in [-0.2, -0.15) is 5.26 Å². The van der Waals surface area contributed by atoms with E-state index < -0.39 is 0 Å². The van der Waals surface area contributed by atoms with Crippen molar-refractivity contribution in [1.29, 1.82) is 5.26 Å². The van der Waals surface area contributed by atoms with Gasteiger partial charge in [-0.3, -0.25) is 0 Å². The Hall–Kier alpha value is -0.970. The van der Waals surface area contributed by atoms with Crippen LogP contribution in [0.1, 0.15) is 19.8 Å². The van der Waals surface area contributed by atoms with E-state index in [0.29, 0.717) is 0 Å². The van der Waals surface area contributed by atoms with E-state index in [1.807, 2.05) is 13.0 Å². The third-order valence-electron chi connectivity index (χ3n) is 1.88. The van der Waals surface area contributed by atoms with Gasteiger partial charge in [0.1, 0.15) is 0 Å². The molecule has 0 amide bonds. The molecule has 10 heavy (non-hydrogen) atoms. The molecule has 0 atom stereocenters. The SMILES string of the molecule is CC(=CC#N)N1CCCC1. The molecule has 54 valence electrons. The van der Waals surface area contributed by atoms with Crippen molar-refractivity contribution in [3.05, 3.63) is 11.8 Å². The van der Waals surface area contributed by atoms with Crippen LogP contribution in [0.15, 0.2) is 11.8 Å². The Morgan fingerprint density at radius 2 is 2.10 bits per heavy atom. The van der Waals surface area contributed by atoms with E-state index in [1.54, 1.807) is 6.08 Å². The van der Waals surface area contributed by atoms with Crippen LogP contribution in [0, 0.1) is 11.3 Å². The van der Waals surface area contributed by atoms with E-state index >= 15 is 0 Å². The van der Waals surface area contributed by atoms with E-state index in [2.05, 4.69) is 4.90 Å². The lowest BCUT2D eigenvalue weighted by molar-refractivity contribution is 0.428. The molecule has 0 aliphatic carbocycles. The van der Waals surface area contributed by atoms with Crippen LogP contribution in [-0.4, -0.2) is 18.0 Å². The van der Waals surface area contributed by atoms with Gasteiger partial charge in [0.2, 0.25) is 0 Å². The standard InChI is InChI=1S/C8H12N2/c1-8(4-5-9)10-6-2-3-7-10/h4H,2-3,6-7H2,1H3. The summed E-state index contributed by atoms with van der Waals surface area (Å²) >= 11 is 0. The monoisotopic (exact) mass is 136 g/mol. The van der Waals surface area contributed by atoms with Gasteiger partial charge < -0.3 is 4.90 Å². The third-order valence-corrected chi connectivity index (χ3v) is 1.88. The van der Waals surface area contributed by atoms with E-state index in [1.165, 1.54) is 12.8 Å². The second-order valence-corrected chi connectivity index (χ2v) is 2.61. The minimum atomic E-state index is 1.11. The van der Waals surface area contributed by atoms with Crippen LogP contribution in [0.5, 0.6) is 0 Å². The predicted molar refractivity (Wildman–Crippen MR) is 40.2 cm³/mol. The van der Waals surface area contributed by atoms with E-state index in [-0.39, 0.29) is 0 Å². The number of hydrogen-bond donors (Lipinski definition) is 0. The van der Waals surface area contributed by atoms with Crippen molar-refractivity contribution in [3.63, 3.8) is 0 Å². The summed E-state index contributed by atoms with van der Waals surface area (Å²) in [7, 11) is 0. The number of allylic oxidation sites excluding steroid dienone is 2. The fourth-order valence-corrected chi connectivity index (χ4v) is 1.25. The smallest absolute Gasteiger partial charge is 0.0930 e. The zero-order valence-electron chi connectivity index (χ0n) is 6.30. The summed E-state index contributed by atoms with van der Waals surface area (Å²) in [6, 6.07) is 2.04. The first-order valence-electron chi connectivity index (χ1n) is 3.66. The summed E-state index contributed by atoms with van der Waals surface area (Å²) in [6.07, 6.45) is 4.17. The average molecular weight is 136 g/mol. The normalized spacial score (nSPS) is 19.2. The van der Waals surface area contributed by atoms with Gasteiger partial charge in [0.25, 0.3) is 0 Å². The van der Waals surface area contributed by atoms with Gasteiger partial charge in [-0.25, -0.2) is 0 Å². The maximum absolute atomic E-state index is 8.34. The van der Waals surface area contributed by atoms with Gasteiger partial charge in [-0.1, -0.05) is 0 Å².